The maximum Gasteiger partial charge on any atom is 0.265 e. The maximum atomic E-state index is 11.3. The van der Waals surface area contributed by atoms with E-state index in [0.717, 1.165) is 24.0 Å². The summed E-state index contributed by atoms with van der Waals surface area (Å²) in [6.07, 6.45) is 5.98. The van der Waals surface area contributed by atoms with E-state index in [1.807, 2.05) is 18.2 Å². The summed E-state index contributed by atoms with van der Waals surface area (Å²) in [5.74, 6) is 3.20. The zero-order chi connectivity index (χ0) is 15.9. The molecule has 2 aliphatic heterocycles. The van der Waals surface area contributed by atoms with Gasteiger partial charge in [0.1, 0.15) is 24.1 Å². The lowest BCUT2D eigenvalue weighted by Gasteiger charge is -2.19. The molecule has 1 saturated heterocycles. The molecular weight excluding hydrogens is 304 g/mol. The predicted octanol–water partition coefficient (Wildman–Crippen LogP) is 1.82. The summed E-state index contributed by atoms with van der Waals surface area (Å²) in [6, 6.07) is 5.94. The first-order valence-electron chi connectivity index (χ1n) is 7.21. The number of terminal acetylenes is 1. The third-order valence-electron chi connectivity index (χ3n) is 4.00. The third kappa shape index (κ3) is 2.72. The summed E-state index contributed by atoms with van der Waals surface area (Å²) < 4.78 is 39.5. The third-order valence-corrected chi connectivity index (χ3v) is 4.56. The summed E-state index contributed by atoms with van der Waals surface area (Å²) in [7, 11) is -3.63. The van der Waals surface area contributed by atoms with E-state index in [4.69, 9.17) is 20.1 Å². The molecule has 0 bridgehead atoms. The van der Waals surface area contributed by atoms with Crippen molar-refractivity contribution in [2.24, 2.45) is 0 Å². The first-order chi connectivity index (χ1) is 10.4. The molecule has 0 aromatic heterocycles. The van der Waals surface area contributed by atoms with Gasteiger partial charge in [-0.3, -0.25) is 4.18 Å². The van der Waals surface area contributed by atoms with Crippen molar-refractivity contribution in [3.63, 3.8) is 0 Å². The highest BCUT2D eigenvalue weighted by Gasteiger charge is 2.47. The second-order valence-electron chi connectivity index (χ2n) is 5.56. The Morgan fingerprint density at radius 2 is 2.27 bits per heavy atom. The minimum atomic E-state index is -3.63. The smallest absolute Gasteiger partial charge is 0.265 e. The predicted molar refractivity (Wildman–Crippen MR) is 81.0 cm³/mol. The first kappa shape index (κ1) is 15.3. The van der Waals surface area contributed by atoms with E-state index in [2.05, 4.69) is 12.8 Å². The molecule has 1 aromatic carbocycles. The SMILES string of the molecule is C#C[C@H](OS(C)(=O)=O)[C@H]1C[C@@H]2Oc3cccc(CC)c3[C@@H]2O1. The number of aryl methyl sites for hydroxylation is 1. The Balaban J connectivity index is 1.83. The summed E-state index contributed by atoms with van der Waals surface area (Å²) in [5, 5.41) is 0. The van der Waals surface area contributed by atoms with Gasteiger partial charge < -0.3 is 9.47 Å². The number of fused-ring (bicyclic) bond motifs is 3. The van der Waals surface area contributed by atoms with Crippen LogP contribution in [0.25, 0.3) is 0 Å². The fraction of sp³-hybridized carbons (Fsp3) is 0.500. The maximum absolute atomic E-state index is 11.3. The summed E-state index contributed by atoms with van der Waals surface area (Å²) in [5.41, 5.74) is 2.22. The summed E-state index contributed by atoms with van der Waals surface area (Å²) >= 11 is 0. The lowest BCUT2D eigenvalue weighted by atomic mass is 9.98. The van der Waals surface area contributed by atoms with Crippen molar-refractivity contribution in [3.8, 4) is 18.1 Å². The van der Waals surface area contributed by atoms with Crippen molar-refractivity contribution in [2.75, 3.05) is 6.26 Å². The van der Waals surface area contributed by atoms with E-state index in [1.54, 1.807) is 0 Å². The van der Waals surface area contributed by atoms with Gasteiger partial charge in [-0.25, -0.2) is 0 Å². The molecule has 0 radical (unpaired) electrons. The van der Waals surface area contributed by atoms with Crippen LogP contribution in [0.2, 0.25) is 0 Å². The van der Waals surface area contributed by atoms with Crippen LogP contribution in [0.3, 0.4) is 0 Å². The molecule has 0 unspecified atom stereocenters. The van der Waals surface area contributed by atoms with Crippen LogP contribution >= 0.6 is 0 Å². The second-order valence-corrected chi connectivity index (χ2v) is 7.16. The lowest BCUT2D eigenvalue weighted by molar-refractivity contribution is -0.00746. The molecule has 0 saturated carbocycles. The molecule has 0 N–H and O–H groups in total. The van der Waals surface area contributed by atoms with Gasteiger partial charge in [0, 0.05) is 12.0 Å². The van der Waals surface area contributed by atoms with Crippen LogP contribution in [0.5, 0.6) is 5.75 Å². The van der Waals surface area contributed by atoms with E-state index in [9.17, 15) is 8.42 Å². The first-order valence-corrected chi connectivity index (χ1v) is 9.03. The molecule has 2 heterocycles. The molecule has 118 valence electrons. The van der Waals surface area contributed by atoms with E-state index in [1.165, 1.54) is 5.56 Å². The molecular formula is C16H18O5S. The molecule has 2 aliphatic rings. The minimum absolute atomic E-state index is 0.147. The highest BCUT2D eigenvalue weighted by atomic mass is 32.2. The van der Waals surface area contributed by atoms with Crippen molar-refractivity contribution in [3.05, 3.63) is 29.3 Å². The van der Waals surface area contributed by atoms with Gasteiger partial charge in [-0.15, -0.1) is 6.42 Å². The van der Waals surface area contributed by atoms with Gasteiger partial charge >= 0.3 is 0 Å². The van der Waals surface area contributed by atoms with Crippen LogP contribution in [0.1, 0.15) is 30.6 Å². The van der Waals surface area contributed by atoms with Gasteiger partial charge in [0.05, 0.1) is 6.26 Å². The van der Waals surface area contributed by atoms with Crippen LogP contribution in [0.15, 0.2) is 18.2 Å². The Morgan fingerprint density at radius 1 is 1.50 bits per heavy atom. The van der Waals surface area contributed by atoms with Crippen LogP contribution in [-0.4, -0.2) is 33.0 Å². The number of ether oxygens (including phenoxy) is 2. The van der Waals surface area contributed by atoms with E-state index < -0.39 is 22.3 Å². The van der Waals surface area contributed by atoms with Gasteiger partial charge in [0.2, 0.25) is 0 Å². The molecule has 3 rings (SSSR count). The Kier molecular flexibility index (Phi) is 3.89. The number of benzene rings is 1. The molecule has 6 heteroatoms. The summed E-state index contributed by atoms with van der Waals surface area (Å²) in [6.45, 7) is 2.08. The molecule has 5 nitrogen and oxygen atoms in total. The van der Waals surface area contributed by atoms with Crippen molar-refractivity contribution < 1.29 is 22.1 Å². The number of hydrogen-bond donors (Lipinski definition) is 0. The van der Waals surface area contributed by atoms with Gasteiger partial charge in [-0.1, -0.05) is 25.0 Å². The fourth-order valence-electron chi connectivity index (χ4n) is 3.11. The van der Waals surface area contributed by atoms with E-state index in [0.29, 0.717) is 6.42 Å². The van der Waals surface area contributed by atoms with Crippen LogP contribution in [0.4, 0.5) is 0 Å². The minimum Gasteiger partial charge on any atom is -0.487 e. The molecule has 0 spiro atoms. The Labute approximate surface area is 130 Å². The highest BCUT2D eigenvalue weighted by molar-refractivity contribution is 7.86. The topological polar surface area (TPSA) is 61.8 Å². The Hall–Kier alpha value is -1.55. The fourth-order valence-corrected chi connectivity index (χ4v) is 3.67. The van der Waals surface area contributed by atoms with E-state index in [-0.39, 0.29) is 12.2 Å². The normalized spacial score (nSPS) is 27.6. The van der Waals surface area contributed by atoms with Gasteiger partial charge in [-0.05, 0) is 18.1 Å². The molecule has 22 heavy (non-hydrogen) atoms. The average Bonchev–Trinajstić information content (AvgIpc) is 3.00. The highest BCUT2D eigenvalue weighted by Crippen LogP contribution is 2.48. The van der Waals surface area contributed by atoms with Gasteiger partial charge in [0.15, 0.2) is 6.10 Å². The van der Waals surface area contributed by atoms with Crippen molar-refractivity contribution in [1.29, 1.82) is 0 Å². The van der Waals surface area contributed by atoms with Gasteiger partial charge in [-0.2, -0.15) is 8.42 Å². The Bertz CT molecular complexity index is 719. The van der Waals surface area contributed by atoms with Crippen LogP contribution in [0, 0.1) is 12.3 Å². The molecule has 0 amide bonds. The van der Waals surface area contributed by atoms with E-state index >= 15 is 0 Å². The quantitative estimate of drug-likeness (QED) is 0.625. The molecule has 4 atom stereocenters. The number of hydrogen-bond acceptors (Lipinski definition) is 5. The second kappa shape index (κ2) is 5.58. The monoisotopic (exact) mass is 322 g/mol. The average molecular weight is 322 g/mol. The largest absolute Gasteiger partial charge is 0.487 e. The molecule has 1 aromatic rings. The standard InChI is InChI=1S/C16H18O5S/c1-4-10-7-6-8-12-15(10)16-14(19-12)9-13(20-16)11(5-2)21-22(3,17)18/h2,6-8,11,13-14,16H,4,9H2,1,3H3/t11-,13+,14-,16+/m0/s1. The van der Waals surface area contributed by atoms with Gasteiger partial charge in [0.25, 0.3) is 10.1 Å². The van der Waals surface area contributed by atoms with Crippen LogP contribution < -0.4 is 4.74 Å². The van der Waals surface area contributed by atoms with Crippen molar-refractivity contribution >= 4 is 10.1 Å². The Morgan fingerprint density at radius 3 is 2.91 bits per heavy atom. The zero-order valence-electron chi connectivity index (χ0n) is 12.5. The van der Waals surface area contributed by atoms with Crippen LogP contribution in [-0.2, 0) is 25.5 Å². The van der Waals surface area contributed by atoms with Crippen molar-refractivity contribution in [1.82, 2.24) is 0 Å². The zero-order valence-corrected chi connectivity index (χ0v) is 13.3. The lowest BCUT2D eigenvalue weighted by Crippen LogP contribution is -2.30. The van der Waals surface area contributed by atoms with Crippen molar-refractivity contribution in [2.45, 2.75) is 44.2 Å². The number of rotatable bonds is 4. The molecule has 0 aliphatic carbocycles. The summed E-state index contributed by atoms with van der Waals surface area (Å²) in [4.78, 5) is 0. The molecule has 1 fully saturated rings.